The molecule has 2 aromatic rings. The molecule has 5 nitrogen and oxygen atoms in total. The van der Waals surface area contributed by atoms with Crippen LogP contribution in [0.4, 0.5) is 5.69 Å². The Morgan fingerprint density at radius 2 is 1.83 bits per heavy atom. The number of ether oxygens (including phenoxy) is 2. The third-order valence-corrected chi connectivity index (χ3v) is 3.46. The summed E-state index contributed by atoms with van der Waals surface area (Å²) in [5, 5.41) is 3.33. The highest BCUT2D eigenvalue weighted by atomic mass is 35.5. The van der Waals surface area contributed by atoms with Gasteiger partial charge in [0.2, 0.25) is 0 Å². The molecule has 6 heteroatoms. The predicted molar refractivity (Wildman–Crippen MR) is 92.7 cm³/mol. The van der Waals surface area contributed by atoms with Crippen molar-refractivity contribution in [1.82, 2.24) is 0 Å². The maximum Gasteiger partial charge on any atom is 0.338 e. The molecule has 0 unspecified atom stereocenters. The molecule has 0 aromatic heterocycles. The monoisotopic (exact) mass is 347 g/mol. The van der Waals surface area contributed by atoms with Crippen LogP contribution in [0.1, 0.15) is 22.8 Å². The normalized spacial score (nSPS) is 10.1. The van der Waals surface area contributed by atoms with Gasteiger partial charge in [-0.3, -0.25) is 4.79 Å². The minimum absolute atomic E-state index is 0.148. The Kier molecular flexibility index (Phi) is 6.21. The number of anilines is 1. The van der Waals surface area contributed by atoms with E-state index in [1.807, 2.05) is 6.92 Å². The minimum atomic E-state index is -0.426. The van der Waals surface area contributed by atoms with E-state index in [2.05, 4.69) is 5.32 Å². The zero-order valence-electron chi connectivity index (χ0n) is 13.5. The van der Waals surface area contributed by atoms with Crippen LogP contribution in [-0.4, -0.2) is 25.1 Å². The van der Waals surface area contributed by atoms with Crippen LogP contribution in [0, 0.1) is 6.92 Å². The van der Waals surface area contributed by atoms with Crippen molar-refractivity contribution in [3.63, 3.8) is 0 Å². The van der Waals surface area contributed by atoms with Gasteiger partial charge in [0.05, 0.1) is 12.2 Å². The average Bonchev–Trinajstić information content (AvgIpc) is 2.56. The molecule has 0 radical (unpaired) electrons. The fourth-order valence-corrected chi connectivity index (χ4v) is 2.09. The summed E-state index contributed by atoms with van der Waals surface area (Å²) in [5.74, 6) is -0.203. The number of carbonyl (C=O) groups excluding carboxylic acids is 2. The number of esters is 1. The quantitative estimate of drug-likeness (QED) is 0.806. The zero-order chi connectivity index (χ0) is 17.5. The third-order valence-electron chi connectivity index (χ3n) is 3.21. The van der Waals surface area contributed by atoms with Crippen LogP contribution in [-0.2, 0) is 9.53 Å². The number of aryl methyl sites for hydroxylation is 1. The molecule has 0 bridgehead atoms. The molecular weight excluding hydrogens is 330 g/mol. The molecule has 0 aliphatic rings. The number of amides is 1. The molecule has 126 valence electrons. The van der Waals surface area contributed by atoms with Gasteiger partial charge in [-0.15, -0.1) is 0 Å². The Bertz CT molecular complexity index is 728. The molecule has 0 spiro atoms. The summed E-state index contributed by atoms with van der Waals surface area (Å²) < 4.78 is 10.3. The fraction of sp³-hybridized carbons (Fsp3) is 0.222. The first-order chi connectivity index (χ1) is 11.5. The van der Waals surface area contributed by atoms with E-state index in [1.54, 1.807) is 49.4 Å². The maximum atomic E-state index is 12.0. The molecule has 0 aliphatic carbocycles. The molecule has 0 heterocycles. The summed E-state index contributed by atoms with van der Waals surface area (Å²) in [5.41, 5.74) is 1.77. The van der Waals surface area contributed by atoms with Crippen LogP contribution in [0.25, 0.3) is 0 Å². The van der Waals surface area contributed by atoms with E-state index in [9.17, 15) is 9.59 Å². The van der Waals surface area contributed by atoms with Crippen molar-refractivity contribution in [3.05, 3.63) is 58.6 Å². The summed E-state index contributed by atoms with van der Waals surface area (Å²) in [4.78, 5) is 23.8. The van der Waals surface area contributed by atoms with Gasteiger partial charge in [-0.1, -0.05) is 17.7 Å². The Hall–Kier alpha value is -2.53. The molecule has 0 atom stereocenters. The minimum Gasteiger partial charge on any atom is -0.484 e. The SMILES string of the molecule is CCOC(=O)c1ccc(C)c(NC(=O)COc2ccc(Cl)cc2)c1. The first-order valence-corrected chi connectivity index (χ1v) is 7.83. The number of benzene rings is 2. The molecular formula is C18H18ClNO4. The van der Waals surface area contributed by atoms with E-state index in [1.165, 1.54) is 0 Å². The Balaban J connectivity index is 1.98. The van der Waals surface area contributed by atoms with Crippen molar-refractivity contribution in [2.75, 3.05) is 18.5 Å². The lowest BCUT2D eigenvalue weighted by molar-refractivity contribution is -0.118. The molecule has 24 heavy (non-hydrogen) atoms. The first kappa shape index (κ1) is 17.8. The zero-order valence-corrected chi connectivity index (χ0v) is 14.2. The standard InChI is InChI=1S/C18H18ClNO4/c1-3-23-18(22)13-5-4-12(2)16(10-13)20-17(21)11-24-15-8-6-14(19)7-9-15/h4-10H,3,11H2,1-2H3,(H,20,21). The van der Waals surface area contributed by atoms with E-state index < -0.39 is 5.97 Å². The summed E-state index contributed by atoms with van der Waals surface area (Å²) in [6.07, 6.45) is 0. The van der Waals surface area contributed by atoms with Gasteiger partial charge >= 0.3 is 5.97 Å². The molecule has 2 rings (SSSR count). The van der Waals surface area contributed by atoms with Gasteiger partial charge in [0.15, 0.2) is 6.61 Å². The topological polar surface area (TPSA) is 64.6 Å². The second-order valence-electron chi connectivity index (χ2n) is 5.04. The van der Waals surface area contributed by atoms with E-state index in [0.717, 1.165) is 5.56 Å². The number of hydrogen-bond acceptors (Lipinski definition) is 4. The van der Waals surface area contributed by atoms with Gasteiger partial charge in [-0.25, -0.2) is 4.79 Å². The largest absolute Gasteiger partial charge is 0.484 e. The van der Waals surface area contributed by atoms with E-state index in [-0.39, 0.29) is 12.5 Å². The molecule has 1 N–H and O–H groups in total. The molecule has 2 aromatic carbocycles. The van der Waals surface area contributed by atoms with Crippen LogP contribution in [0.15, 0.2) is 42.5 Å². The summed E-state index contributed by atoms with van der Waals surface area (Å²) in [6, 6.07) is 11.7. The number of hydrogen-bond donors (Lipinski definition) is 1. The van der Waals surface area contributed by atoms with Gasteiger partial charge in [-0.2, -0.15) is 0 Å². The number of halogens is 1. The van der Waals surface area contributed by atoms with Crippen molar-refractivity contribution < 1.29 is 19.1 Å². The van der Waals surface area contributed by atoms with Gasteiger partial charge in [0, 0.05) is 10.7 Å². The number of nitrogens with one attached hydrogen (secondary N) is 1. The van der Waals surface area contributed by atoms with Crippen LogP contribution < -0.4 is 10.1 Å². The Morgan fingerprint density at radius 1 is 1.12 bits per heavy atom. The lowest BCUT2D eigenvalue weighted by Gasteiger charge is -2.11. The second kappa shape index (κ2) is 8.36. The number of rotatable bonds is 6. The summed E-state index contributed by atoms with van der Waals surface area (Å²) in [6.45, 7) is 3.72. The smallest absolute Gasteiger partial charge is 0.338 e. The highest BCUT2D eigenvalue weighted by Crippen LogP contribution is 2.18. The highest BCUT2D eigenvalue weighted by molar-refractivity contribution is 6.30. The lowest BCUT2D eigenvalue weighted by atomic mass is 10.1. The number of carbonyl (C=O) groups is 2. The Morgan fingerprint density at radius 3 is 2.50 bits per heavy atom. The van der Waals surface area contributed by atoms with Crippen LogP contribution in [0.3, 0.4) is 0 Å². The van der Waals surface area contributed by atoms with E-state index in [0.29, 0.717) is 28.6 Å². The predicted octanol–water partition coefficient (Wildman–Crippen LogP) is 3.84. The van der Waals surface area contributed by atoms with Crippen molar-refractivity contribution in [2.24, 2.45) is 0 Å². The third kappa shape index (κ3) is 4.99. The van der Waals surface area contributed by atoms with Crippen LogP contribution >= 0.6 is 11.6 Å². The van der Waals surface area contributed by atoms with Crippen molar-refractivity contribution in [2.45, 2.75) is 13.8 Å². The first-order valence-electron chi connectivity index (χ1n) is 7.45. The van der Waals surface area contributed by atoms with Gasteiger partial charge < -0.3 is 14.8 Å². The van der Waals surface area contributed by atoms with Crippen molar-refractivity contribution >= 4 is 29.2 Å². The molecule has 0 fully saturated rings. The highest BCUT2D eigenvalue weighted by Gasteiger charge is 2.11. The van der Waals surface area contributed by atoms with E-state index >= 15 is 0 Å². The van der Waals surface area contributed by atoms with E-state index in [4.69, 9.17) is 21.1 Å². The van der Waals surface area contributed by atoms with Crippen LogP contribution in [0.5, 0.6) is 5.75 Å². The van der Waals surface area contributed by atoms with Gasteiger partial charge in [0.25, 0.3) is 5.91 Å². The molecule has 0 saturated heterocycles. The molecule has 0 saturated carbocycles. The van der Waals surface area contributed by atoms with Crippen molar-refractivity contribution in [1.29, 1.82) is 0 Å². The average molecular weight is 348 g/mol. The maximum absolute atomic E-state index is 12.0. The van der Waals surface area contributed by atoms with Gasteiger partial charge in [-0.05, 0) is 55.8 Å². The summed E-state index contributed by atoms with van der Waals surface area (Å²) in [7, 11) is 0. The second-order valence-corrected chi connectivity index (χ2v) is 5.48. The summed E-state index contributed by atoms with van der Waals surface area (Å²) >= 11 is 5.79. The molecule has 1 amide bonds. The van der Waals surface area contributed by atoms with Gasteiger partial charge in [0.1, 0.15) is 5.75 Å². The molecule has 0 aliphatic heterocycles. The van der Waals surface area contributed by atoms with Crippen LogP contribution in [0.2, 0.25) is 5.02 Å². The Labute approximate surface area is 145 Å². The lowest BCUT2D eigenvalue weighted by Crippen LogP contribution is -2.21. The fourth-order valence-electron chi connectivity index (χ4n) is 1.96. The van der Waals surface area contributed by atoms with Crippen molar-refractivity contribution in [3.8, 4) is 5.75 Å².